The summed E-state index contributed by atoms with van der Waals surface area (Å²) in [6.07, 6.45) is 7.03. The van der Waals surface area contributed by atoms with Gasteiger partial charge in [-0.15, -0.1) is 11.3 Å². The zero-order chi connectivity index (χ0) is 20.5. The highest BCUT2D eigenvalue weighted by Crippen LogP contribution is 2.26. The van der Waals surface area contributed by atoms with E-state index in [1.807, 2.05) is 48.1 Å². The number of rotatable bonds is 6. The molecule has 4 heterocycles. The number of carbonyl (C=O) groups is 1. The molecule has 4 aromatic heterocycles. The minimum atomic E-state index is 0.203. The lowest BCUT2D eigenvalue weighted by atomic mass is 10.0. The van der Waals surface area contributed by atoms with Gasteiger partial charge in [0.05, 0.1) is 23.6 Å². The predicted octanol–water partition coefficient (Wildman–Crippen LogP) is 5.08. The normalized spacial score (nSPS) is 11.4. The van der Waals surface area contributed by atoms with E-state index in [1.165, 1.54) is 15.6 Å². The van der Waals surface area contributed by atoms with E-state index in [2.05, 4.69) is 32.6 Å². The molecule has 0 spiro atoms. The Kier molecular flexibility index (Phi) is 4.85. The van der Waals surface area contributed by atoms with Crippen molar-refractivity contribution in [2.75, 3.05) is 0 Å². The first kappa shape index (κ1) is 18.6. The number of benzene rings is 1. The molecule has 5 aromatic rings. The molecule has 0 atom stereocenters. The molecule has 0 aliphatic rings. The molecule has 0 saturated carbocycles. The third kappa shape index (κ3) is 3.62. The summed E-state index contributed by atoms with van der Waals surface area (Å²) in [6, 6.07) is 14.2. The van der Waals surface area contributed by atoms with Crippen molar-refractivity contribution in [3.05, 3.63) is 83.4 Å². The fourth-order valence-electron chi connectivity index (χ4n) is 3.73. The quantitative estimate of drug-likeness (QED) is 0.390. The number of fused-ring (bicyclic) bond motifs is 2. The number of carbonyl (C=O) groups excluding carboxylic acids is 1. The Labute approximate surface area is 178 Å². The highest BCUT2D eigenvalue weighted by molar-refractivity contribution is 7.17. The van der Waals surface area contributed by atoms with Crippen LogP contribution in [0.25, 0.3) is 26.7 Å². The summed E-state index contributed by atoms with van der Waals surface area (Å²) in [4.78, 5) is 21.3. The molecule has 5 nitrogen and oxygen atoms in total. The van der Waals surface area contributed by atoms with Crippen molar-refractivity contribution in [3.8, 4) is 5.69 Å². The molecule has 0 fully saturated rings. The first-order valence-electron chi connectivity index (χ1n) is 9.90. The maximum absolute atomic E-state index is 12.6. The van der Waals surface area contributed by atoms with Crippen LogP contribution in [0.3, 0.4) is 0 Å². The molecule has 1 aromatic carbocycles. The summed E-state index contributed by atoms with van der Waals surface area (Å²) < 4.78 is 3.12. The number of Topliss-reactive ketones (excluding diaryl/α,β-unsaturated/α-hetero) is 1. The second kappa shape index (κ2) is 7.80. The van der Waals surface area contributed by atoms with Gasteiger partial charge in [-0.05, 0) is 53.9 Å². The molecule has 0 unspecified atom stereocenters. The van der Waals surface area contributed by atoms with Crippen molar-refractivity contribution in [2.24, 2.45) is 0 Å². The van der Waals surface area contributed by atoms with Crippen LogP contribution in [0.1, 0.15) is 23.4 Å². The number of hydrogen-bond acceptors (Lipinski definition) is 5. The number of aryl methyl sites for hydroxylation is 2. The molecule has 6 heteroatoms. The molecule has 0 N–H and O–H groups in total. The smallest absolute Gasteiger partial charge is 0.139 e. The molecule has 0 saturated heterocycles. The van der Waals surface area contributed by atoms with Crippen LogP contribution in [-0.2, 0) is 17.6 Å². The molecule has 148 valence electrons. The molecule has 0 amide bonds. The average molecular weight is 413 g/mol. The van der Waals surface area contributed by atoms with Crippen molar-refractivity contribution >= 4 is 38.1 Å². The van der Waals surface area contributed by atoms with E-state index in [1.54, 1.807) is 23.7 Å². The van der Waals surface area contributed by atoms with E-state index in [0.29, 0.717) is 12.8 Å². The molecule has 30 heavy (non-hydrogen) atoms. The van der Waals surface area contributed by atoms with Crippen LogP contribution in [0.15, 0.2) is 66.4 Å². The highest BCUT2D eigenvalue weighted by Gasteiger charge is 2.11. The maximum Gasteiger partial charge on any atom is 0.139 e. The molecular formula is C24H20N4OS. The van der Waals surface area contributed by atoms with Gasteiger partial charge in [-0.2, -0.15) is 5.10 Å². The molecular weight excluding hydrogens is 392 g/mol. The van der Waals surface area contributed by atoms with Crippen molar-refractivity contribution in [2.45, 2.75) is 26.2 Å². The second-order valence-electron chi connectivity index (χ2n) is 7.42. The van der Waals surface area contributed by atoms with Gasteiger partial charge in [0.15, 0.2) is 0 Å². The van der Waals surface area contributed by atoms with E-state index in [4.69, 9.17) is 0 Å². The number of thiophene rings is 1. The van der Waals surface area contributed by atoms with Gasteiger partial charge in [-0.3, -0.25) is 14.8 Å². The minimum Gasteiger partial charge on any atom is -0.299 e. The predicted molar refractivity (Wildman–Crippen MR) is 120 cm³/mol. The summed E-state index contributed by atoms with van der Waals surface area (Å²) in [7, 11) is 0. The molecule has 0 radical (unpaired) electrons. The summed E-state index contributed by atoms with van der Waals surface area (Å²) in [5.74, 6) is 0.203. The van der Waals surface area contributed by atoms with Gasteiger partial charge in [0.2, 0.25) is 0 Å². The monoisotopic (exact) mass is 412 g/mol. The largest absolute Gasteiger partial charge is 0.299 e. The molecule has 5 rings (SSSR count). The Morgan fingerprint density at radius 3 is 2.90 bits per heavy atom. The minimum absolute atomic E-state index is 0.203. The van der Waals surface area contributed by atoms with Crippen molar-refractivity contribution in [1.29, 1.82) is 0 Å². The zero-order valence-electron chi connectivity index (χ0n) is 16.6. The van der Waals surface area contributed by atoms with Crippen LogP contribution in [-0.4, -0.2) is 25.5 Å². The third-order valence-corrected chi connectivity index (χ3v) is 6.26. The summed E-state index contributed by atoms with van der Waals surface area (Å²) in [5, 5.41) is 8.89. The Morgan fingerprint density at radius 2 is 2.00 bits per heavy atom. The topological polar surface area (TPSA) is 60.7 Å². The average Bonchev–Trinajstić information content (AvgIpc) is 3.36. The van der Waals surface area contributed by atoms with E-state index in [0.717, 1.165) is 34.4 Å². The SMILES string of the molecule is Cc1cc(-n2ncc3cc(CC(=O)CCc4csc5ccccc45)ncc32)ccn1. The summed E-state index contributed by atoms with van der Waals surface area (Å²) in [5.41, 5.74) is 4.84. The molecule has 0 aliphatic carbocycles. The Bertz CT molecular complexity index is 1370. The zero-order valence-corrected chi connectivity index (χ0v) is 17.4. The van der Waals surface area contributed by atoms with Gasteiger partial charge in [-0.1, -0.05) is 18.2 Å². The molecule has 0 bridgehead atoms. The van der Waals surface area contributed by atoms with Crippen LogP contribution < -0.4 is 0 Å². The van der Waals surface area contributed by atoms with Gasteiger partial charge in [0.1, 0.15) is 5.78 Å². The van der Waals surface area contributed by atoms with Crippen molar-refractivity contribution < 1.29 is 4.79 Å². The van der Waals surface area contributed by atoms with Gasteiger partial charge in [-0.25, -0.2) is 4.68 Å². The van der Waals surface area contributed by atoms with Crippen LogP contribution in [0.5, 0.6) is 0 Å². The third-order valence-electron chi connectivity index (χ3n) is 5.25. The number of ketones is 1. The molecule has 0 aliphatic heterocycles. The number of aromatic nitrogens is 4. The lowest BCUT2D eigenvalue weighted by Crippen LogP contribution is -2.06. The lowest BCUT2D eigenvalue weighted by molar-refractivity contribution is -0.118. The number of nitrogens with zero attached hydrogens (tertiary/aromatic N) is 4. The van der Waals surface area contributed by atoms with Crippen LogP contribution in [0, 0.1) is 6.92 Å². The standard InChI is InChI=1S/C24H20N4OS/c1-16-10-20(8-9-25-16)28-23-14-26-19(11-18(23)13-27-28)12-21(29)7-6-17-15-30-24-5-3-2-4-22(17)24/h2-5,8-11,13-15H,6-7,12H2,1H3. The van der Waals surface area contributed by atoms with Gasteiger partial charge in [0.25, 0.3) is 0 Å². The van der Waals surface area contributed by atoms with Crippen LogP contribution in [0.4, 0.5) is 0 Å². The Morgan fingerprint density at radius 1 is 1.10 bits per heavy atom. The summed E-state index contributed by atoms with van der Waals surface area (Å²) in [6.45, 7) is 1.95. The van der Waals surface area contributed by atoms with Gasteiger partial charge in [0, 0.05) is 40.5 Å². The van der Waals surface area contributed by atoms with E-state index in [-0.39, 0.29) is 5.78 Å². The first-order chi connectivity index (χ1) is 14.7. The number of pyridine rings is 2. The second-order valence-corrected chi connectivity index (χ2v) is 8.33. The fourth-order valence-corrected chi connectivity index (χ4v) is 4.72. The van der Waals surface area contributed by atoms with E-state index >= 15 is 0 Å². The number of hydrogen-bond donors (Lipinski definition) is 0. The highest BCUT2D eigenvalue weighted by atomic mass is 32.1. The van der Waals surface area contributed by atoms with Crippen molar-refractivity contribution in [3.63, 3.8) is 0 Å². The van der Waals surface area contributed by atoms with Crippen LogP contribution >= 0.6 is 11.3 Å². The van der Waals surface area contributed by atoms with E-state index in [9.17, 15) is 4.79 Å². The Balaban J connectivity index is 1.30. The lowest BCUT2D eigenvalue weighted by Gasteiger charge is -2.05. The fraction of sp³-hybridized carbons (Fsp3) is 0.167. The van der Waals surface area contributed by atoms with Crippen LogP contribution in [0.2, 0.25) is 0 Å². The van der Waals surface area contributed by atoms with Crippen molar-refractivity contribution in [1.82, 2.24) is 19.7 Å². The van der Waals surface area contributed by atoms with E-state index < -0.39 is 0 Å². The summed E-state index contributed by atoms with van der Waals surface area (Å²) >= 11 is 1.74. The maximum atomic E-state index is 12.6. The Hall–Kier alpha value is -3.38. The van der Waals surface area contributed by atoms with Gasteiger partial charge >= 0.3 is 0 Å². The van der Waals surface area contributed by atoms with Gasteiger partial charge < -0.3 is 0 Å². The first-order valence-corrected chi connectivity index (χ1v) is 10.8.